The lowest BCUT2D eigenvalue weighted by atomic mass is 9.89. The second-order valence-corrected chi connectivity index (χ2v) is 5.91. The molecule has 0 radical (unpaired) electrons. The zero-order chi connectivity index (χ0) is 12.3. The molecule has 98 valence electrons. The molecule has 0 aromatic carbocycles. The molecule has 0 aromatic heterocycles. The summed E-state index contributed by atoms with van der Waals surface area (Å²) in [5.41, 5.74) is -0.295. The molecule has 0 bridgehead atoms. The van der Waals surface area contributed by atoms with Gasteiger partial charge in [-0.2, -0.15) is 0 Å². The number of amides is 1. The van der Waals surface area contributed by atoms with E-state index < -0.39 is 0 Å². The molecule has 2 unspecified atom stereocenters. The van der Waals surface area contributed by atoms with Gasteiger partial charge in [-0.1, -0.05) is 12.8 Å². The standard InChI is InChI=1S/C14H26N2O/c1-12-8-4-3-7-11-16(12)13(17)14(2)9-5-6-10-15-14/h12,15H,3-11H2,1-2H3. The maximum atomic E-state index is 12.7. The van der Waals surface area contributed by atoms with Crippen LogP contribution >= 0.6 is 0 Å². The van der Waals surface area contributed by atoms with Gasteiger partial charge in [0.25, 0.3) is 0 Å². The third kappa shape index (κ3) is 2.82. The number of nitrogens with zero attached hydrogens (tertiary/aromatic N) is 1. The summed E-state index contributed by atoms with van der Waals surface area (Å²) in [7, 11) is 0. The van der Waals surface area contributed by atoms with E-state index in [9.17, 15) is 4.79 Å². The first-order valence-electron chi connectivity index (χ1n) is 7.19. The van der Waals surface area contributed by atoms with Gasteiger partial charge in [0.2, 0.25) is 5.91 Å². The van der Waals surface area contributed by atoms with Crippen molar-refractivity contribution in [2.45, 2.75) is 70.4 Å². The number of piperidine rings is 1. The Labute approximate surface area is 105 Å². The van der Waals surface area contributed by atoms with Crippen molar-refractivity contribution in [1.29, 1.82) is 0 Å². The molecular formula is C14H26N2O. The van der Waals surface area contributed by atoms with Gasteiger partial charge in [-0.3, -0.25) is 4.79 Å². The SMILES string of the molecule is CC1CCCCCN1C(=O)C1(C)CCCCN1. The summed E-state index contributed by atoms with van der Waals surface area (Å²) in [5, 5.41) is 3.44. The zero-order valence-corrected chi connectivity index (χ0v) is 11.3. The molecule has 3 nitrogen and oxygen atoms in total. The van der Waals surface area contributed by atoms with Crippen LogP contribution in [0.5, 0.6) is 0 Å². The Morgan fingerprint density at radius 2 is 2.06 bits per heavy atom. The molecule has 0 spiro atoms. The van der Waals surface area contributed by atoms with Gasteiger partial charge in [0.05, 0.1) is 5.54 Å². The minimum absolute atomic E-state index is 0.295. The Bertz CT molecular complexity index is 271. The number of rotatable bonds is 1. The Hall–Kier alpha value is -0.570. The van der Waals surface area contributed by atoms with Gasteiger partial charge in [-0.15, -0.1) is 0 Å². The van der Waals surface area contributed by atoms with Crippen LogP contribution in [0.2, 0.25) is 0 Å². The van der Waals surface area contributed by atoms with Crippen LogP contribution < -0.4 is 5.32 Å². The molecule has 2 heterocycles. The fourth-order valence-corrected chi connectivity index (χ4v) is 3.13. The highest BCUT2D eigenvalue weighted by Crippen LogP contribution is 2.25. The van der Waals surface area contributed by atoms with E-state index in [2.05, 4.69) is 24.1 Å². The fourth-order valence-electron chi connectivity index (χ4n) is 3.13. The predicted molar refractivity (Wildman–Crippen MR) is 69.9 cm³/mol. The number of carbonyl (C=O) groups excluding carboxylic acids is 1. The molecule has 1 amide bonds. The largest absolute Gasteiger partial charge is 0.338 e. The van der Waals surface area contributed by atoms with E-state index in [1.54, 1.807) is 0 Å². The van der Waals surface area contributed by atoms with Crippen molar-refractivity contribution in [3.8, 4) is 0 Å². The van der Waals surface area contributed by atoms with Crippen molar-refractivity contribution in [2.24, 2.45) is 0 Å². The van der Waals surface area contributed by atoms with Crippen LogP contribution in [0.3, 0.4) is 0 Å². The van der Waals surface area contributed by atoms with E-state index in [4.69, 9.17) is 0 Å². The van der Waals surface area contributed by atoms with Gasteiger partial charge in [-0.25, -0.2) is 0 Å². The second kappa shape index (κ2) is 5.38. The third-order valence-corrected chi connectivity index (χ3v) is 4.40. The average molecular weight is 238 g/mol. The minimum Gasteiger partial charge on any atom is -0.338 e. The molecule has 2 atom stereocenters. The Morgan fingerprint density at radius 3 is 2.76 bits per heavy atom. The summed E-state index contributed by atoms with van der Waals surface area (Å²) in [5.74, 6) is 0.339. The molecule has 2 rings (SSSR count). The van der Waals surface area contributed by atoms with E-state index in [1.165, 1.54) is 38.5 Å². The maximum absolute atomic E-state index is 12.7. The lowest BCUT2D eigenvalue weighted by molar-refractivity contribution is -0.140. The van der Waals surface area contributed by atoms with Crippen molar-refractivity contribution >= 4 is 5.91 Å². The van der Waals surface area contributed by atoms with Gasteiger partial charge < -0.3 is 10.2 Å². The summed E-state index contributed by atoms with van der Waals surface area (Å²) in [6.45, 7) is 6.24. The first-order valence-corrected chi connectivity index (χ1v) is 7.19. The van der Waals surface area contributed by atoms with Crippen LogP contribution in [0.25, 0.3) is 0 Å². The molecule has 0 aliphatic carbocycles. The number of likely N-dealkylation sites (tertiary alicyclic amines) is 1. The first kappa shape index (κ1) is 12.9. The Kier molecular flexibility index (Phi) is 4.08. The number of hydrogen-bond donors (Lipinski definition) is 1. The minimum atomic E-state index is -0.295. The van der Waals surface area contributed by atoms with Gasteiger partial charge >= 0.3 is 0 Å². The number of carbonyl (C=O) groups is 1. The predicted octanol–water partition coefficient (Wildman–Crippen LogP) is 2.31. The van der Waals surface area contributed by atoms with Crippen molar-refractivity contribution in [1.82, 2.24) is 10.2 Å². The van der Waals surface area contributed by atoms with Crippen molar-refractivity contribution in [3.63, 3.8) is 0 Å². The number of hydrogen-bond acceptors (Lipinski definition) is 2. The molecule has 2 aliphatic heterocycles. The molecule has 3 heteroatoms. The van der Waals surface area contributed by atoms with Gasteiger partial charge in [0.1, 0.15) is 0 Å². The molecule has 2 saturated heterocycles. The topological polar surface area (TPSA) is 32.3 Å². The highest BCUT2D eigenvalue weighted by Gasteiger charge is 2.38. The zero-order valence-electron chi connectivity index (χ0n) is 11.3. The number of nitrogens with one attached hydrogen (secondary N) is 1. The first-order chi connectivity index (χ1) is 8.13. The lowest BCUT2D eigenvalue weighted by Gasteiger charge is -2.40. The second-order valence-electron chi connectivity index (χ2n) is 5.91. The van der Waals surface area contributed by atoms with E-state index in [1.807, 2.05) is 0 Å². The molecule has 0 saturated carbocycles. The molecular weight excluding hydrogens is 212 g/mol. The average Bonchev–Trinajstić information content (AvgIpc) is 2.54. The fraction of sp³-hybridized carbons (Fsp3) is 0.929. The van der Waals surface area contributed by atoms with Crippen molar-refractivity contribution in [2.75, 3.05) is 13.1 Å². The van der Waals surface area contributed by atoms with Crippen LogP contribution in [0.15, 0.2) is 0 Å². The Balaban J connectivity index is 2.06. The quantitative estimate of drug-likeness (QED) is 0.760. The van der Waals surface area contributed by atoms with Crippen LogP contribution in [-0.4, -0.2) is 35.5 Å². The van der Waals surface area contributed by atoms with Crippen LogP contribution in [0.1, 0.15) is 58.8 Å². The highest BCUT2D eigenvalue weighted by atomic mass is 16.2. The summed E-state index contributed by atoms with van der Waals surface area (Å²) >= 11 is 0. The molecule has 17 heavy (non-hydrogen) atoms. The van der Waals surface area contributed by atoms with Crippen LogP contribution in [-0.2, 0) is 4.79 Å². The highest BCUT2D eigenvalue weighted by molar-refractivity contribution is 5.86. The van der Waals surface area contributed by atoms with Gasteiger partial charge in [0.15, 0.2) is 0 Å². The van der Waals surface area contributed by atoms with Crippen LogP contribution in [0.4, 0.5) is 0 Å². The normalized spacial score (nSPS) is 35.4. The summed E-state index contributed by atoms with van der Waals surface area (Å²) in [6.07, 6.45) is 8.27. The summed E-state index contributed by atoms with van der Waals surface area (Å²) in [6, 6.07) is 0.422. The molecule has 0 aromatic rings. The Morgan fingerprint density at radius 1 is 1.24 bits per heavy atom. The lowest BCUT2D eigenvalue weighted by Crippen LogP contribution is -2.59. The smallest absolute Gasteiger partial charge is 0.242 e. The van der Waals surface area contributed by atoms with E-state index in [0.717, 1.165) is 19.5 Å². The van der Waals surface area contributed by atoms with E-state index >= 15 is 0 Å². The molecule has 2 fully saturated rings. The molecule has 1 N–H and O–H groups in total. The van der Waals surface area contributed by atoms with Crippen LogP contribution in [0, 0.1) is 0 Å². The van der Waals surface area contributed by atoms with E-state index in [0.29, 0.717) is 11.9 Å². The van der Waals surface area contributed by atoms with Crippen molar-refractivity contribution in [3.05, 3.63) is 0 Å². The van der Waals surface area contributed by atoms with Crippen molar-refractivity contribution < 1.29 is 4.79 Å². The van der Waals surface area contributed by atoms with Gasteiger partial charge in [-0.05, 0) is 52.5 Å². The third-order valence-electron chi connectivity index (χ3n) is 4.40. The summed E-state index contributed by atoms with van der Waals surface area (Å²) < 4.78 is 0. The molecule has 2 aliphatic rings. The monoisotopic (exact) mass is 238 g/mol. The van der Waals surface area contributed by atoms with Gasteiger partial charge in [0, 0.05) is 12.6 Å². The summed E-state index contributed by atoms with van der Waals surface area (Å²) in [4.78, 5) is 14.8. The van der Waals surface area contributed by atoms with E-state index in [-0.39, 0.29) is 5.54 Å². The maximum Gasteiger partial charge on any atom is 0.242 e.